The molecule has 1 aliphatic rings. The van der Waals surface area contributed by atoms with E-state index in [4.69, 9.17) is 10.5 Å². The van der Waals surface area contributed by atoms with E-state index in [1.165, 1.54) is 0 Å². The third kappa shape index (κ3) is 6.91. The van der Waals surface area contributed by atoms with E-state index in [0.717, 1.165) is 37.4 Å². The monoisotopic (exact) mass is 260 g/mol. The van der Waals surface area contributed by atoms with Gasteiger partial charge < -0.3 is 15.4 Å². The molecule has 1 rings (SSSR count). The molecule has 1 amide bonds. The second-order valence-electron chi connectivity index (χ2n) is 4.48. The Bertz CT molecular complexity index is 219. The fourth-order valence-electron chi connectivity index (χ4n) is 1.67. The molecule has 0 spiro atoms. The van der Waals surface area contributed by atoms with Gasteiger partial charge in [-0.3, -0.25) is 4.79 Å². The van der Waals surface area contributed by atoms with E-state index in [-0.39, 0.29) is 11.9 Å². The standard InChI is InChI=1S/C12H24N2O2S/c1-11(13)4-10-17-9-2-3-12(15)14-5-7-16-8-6-14/h11H,2-10,13H2,1H3. The molecule has 5 heteroatoms. The number of hydrogen-bond donors (Lipinski definition) is 1. The zero-order chi connectivity index (χ0) is 12.5. The van der Waals surface area contributed by atoms with Crippen molar-refractivity contribution in [1.29, 1.82) is 0 Å². The number of ether oxygens (including phenoxy) is 1. The van der Waals surface area contributed by atoms with Crippen LogP contribution in [0, 0.1) is 0 Å². The van der Waals surface area contributed by atoms with E-state index in [2.05, 4.69) is 0 Å². The molecule has 0 aromatic carbocycles. The molecule has 1 atom stereocenters. The van der Waals surface area contributed by atoms with Crippen LogP contribution in [0.25, 0.3) is 0 Å². The van der Waals surface area contributed by atoms with Crippen molar-refractivity contribution < 1.29 is 9.53 Å². The average Bonchev–Trinajstić information content (AvgIpc) is 2.34. The third-order valence-electron chi connectivity index (χ3n) is 2.76. The first-order valence-corrected chi connectivity index (χ1v) is 7.54. The van der Waals surface area contributed by atoms with Gasteiger partial charge in [0.25, 0.3) is 0 Å². The van der Waals surface area contributed by atoms with Gasteiger partial charge >= 0.3 is 0 Å². The van der Waals surface area contributed by atoms with Crippen LogP contribution in [0.2, 0.25) is 0 Å². The summed E-state index contributed by atoms with van der Waals surface area (Å²) in [6.45, 7) is 4.93. The molecule has 100 valence electrons. The number of nitrogens with two attached hydrogens (primary N) is 1. The summed E-state index contributed by atoms with van der Waals surface area (Å²) < 4.78 is 5.22. The van der Waals surface area contributed by atoms with Crippen molar-refractivity contribution in [1.82, 2.24) is 4.90 Å². The third-order valence-corrected chi connectivity index (χ3v) is 3.86. The van der Waals surface area contributed by atoms with Crippen LogP contribution in [0.1, 0.15) is 26.2 Å². The first-order valence-electron chi connectivity index (χ1n) is 6.39. The molecule has 2 N–H and O–H groups in total. The Morgan fingerprint density at radius 1 is 1.41 bits per heavy atom. The second-order valence-corrected chi connectivity index (χ2v) is 5.70. The van der Waals surface area contributed by atoms with Gasteiger partial charge in [-0.1, -0.05) is 0 Å². The number of carbonyl (C=O) groups excluding carboxylic acids is 1. The minimum Gasteiger partial charge on any atom is -0.378 e. The fourth-order valence-corrected chi connectivity index (χ4v) is 2.76. The molecular formula is C12H24N2O2S. The van der Waals surface area contributed by atoms with Gasteiger partial charge in [0, 0.05) is 25.6 Å². The molecule has 1 aliphatic heterocycles. The molecule has 0 aromatic heterocycles. The first kappa shape index (κ1) is 14.8. The average molecular weight is 260 g/mol. The smallest absolute Gasteiger partial charge is 0.222 e. The maximum absolute atomic E-state index is 11.8. The fraction of sp³-hybridized carbons (Fsp3) is 0.917. The minimum absolute atomic E-state index is 0.279. The lowest BCUT2D eigenvalue weighted by molar-refractivity contribution is -0.135. The minimum atomic E-state index is 0.279. The van der Waals surface area contributed by atoms with Gasteiger partial charge in [0.2, 0.25) is 5.91 Å². The van der Waals surface area contributed by atoms with Crippen molar-refractivity contribution in [2.24, 2.45) is 5.73 Å². The van der Waals surface area contributed by atoms with Crippen LogP contribution >= 0.6 is 11.8 Å². The summed E-state index contributed by atoms with van der Waals surface area (Å²) in [4.78, 5) is 13.7. The summed E-state index contributed by atoms with van der Waals surface area (Å²) in [6.07, 6.45) is 2.70. The predicted octanol–water partition coefficient (Wildman–Crippen LogP) is 1.10. The molecule has 1 unspecified atom stereocenters. The van der Waals surface area contributed by atoms with Crippen LogP contribution in [0.3, 0.4) is 0 Å². The molecule has 4 nitrogen and oxygen atoms in total. The first-order chi connectivity index (χ1) is 8.20. The lowest BCUT2D eigenvalue weighted by Crippen LogP contribution is -2.40. The second kappa shape index (κ2) is 8.78. The van der Waals surface area contributed by atoms with Gasteiger partial charge in [-0.25, -0.2) is 0 Å². The summed E-state index contributed by atoms with van der Waals surface area (Å²) >= 11 is 1.89. The van der Waals surface area contributed by atoms with Crippen LogP contribution in [0.4, 0.5) is 0 Å². The predicted molar refractivity (Wildman–Crippen MR) is 72.2 cm³/mol. The Morgan fingerprint density at radius 2 is 2.12 bits per heavy atom. The quantitative estimate of drug-likeness (QED) is 0.696. The molecule has 1 fully saturated rings. The van der Waals surface area contributed by atoms with Crippen LogP contribution in [0.5, 0.6) is 0 Å². The molecule has 0 aromatic rings. The van der Waals surface area contributed by atoms with Crippen molar-refractivity contribution in [3.05, 3.63) is 0 Å². The molecule has 0 bridgehead atoms. The molecule has 17 heavy (non-hydrogen) atoms. The highest BCUT2D eigenvalue weighted by atomic mass is 32.2. The van der Waals surface area contributed by atoms with Crippen molar-refractivity contribution >= 4 is 17.7 Å². The summed E-state index contributed by atoms with van der Waals surface area (Å²) in [5.41, 5.74) is 5.67. The van der Waals surface area contributed by atoms with E-state index < -0.39 is 0 Å². The molecule has 0 saturated carbocycles. The van der Waals surface area contributed by atoms with E-state index in [1.807, 2.05) is 23.6 Å². The topological polar surface area (TPSA) is 55.6 Å². The van der Waals surface area contributed by atoms with Crippen LogP contribution in [-0.4, -0.2) is 54.7 Å². The number of amides is 1. The van der Waals surface area contributed by atoms with Crippen molar-refractivity contribution in [3.8, 4) is 0 Å². The maximum atomic E-state index is 11.8. The highest BCUT2D eigenvalue weighted by molar-refractivity contribution is 7.99. The lowest BCUT2D eigenvalue weighted by atomic mass is 10.3. The molecule has 1 heterocycles. The maximum Gasteiger partial charge on any atom is 0.222 e. The zero-order valence-electron chi connectivity index (χ0n) is 10.7. The van der Waals surface area contributed by atoms with E-state index >= 15 is 0 Å². The Morgan fingerprint density at radius 3 is 2.76 bits per heavy atom. The van der Waals surface area contributed by atoms with Gasteiger partial charge in [-0.15, -0.1) is 0 Å². The molecule has 1 saturated heterocycles. The molecular weight excluding hydrogens is 236 g/mol. The molecule has 0 aliphatic carbocycles. The summed E-state index contributed by atoms with van der Waals surface area (Å²) in [5, 5.41) is 0. The molecule has 0 radical (unpaired) electrons. The number of nitrogens with zero attached hydrogens (tertiary/aromatic N) is 1. The van der Waals surface area contributed by atoms with Crippen molar-refractivity contribution in [2.75, 3.05) is 37.8 Å². The number of carbonyl (C=O) groups is 1. The summed E-state index contributed by atoms with van der Waals surface area (Å²) in [5.74, 6) is 2.44. The Balaban J connectivity index is 1.96. The summed E-state index contributed by atoms with van der Waals surface area (Å²) in [7, 11) is 0. The Hall–Kier alpha value is -0.260. The number of hydrogen-bond acceptors (Lipinski definition) is 4. The van der Waals surface area contributed by atoms with Gasteiger partial charge in [-0.05, 0) is 31.3 Å². The Kier molecular flexibility index (Phi) is 7.64. The SMILES string of the molecule is CC(N)CCSCCCC(=O)N1CCOCC1. The van der Waals surface area contributed by atoms with Crippen LogP contribution < -0.4 is 5.73 Å². The van der Waals surface area contributed by atoms with Crippen molar-refractivity contribution in [3.63, 3.8) is 0 Å². The van der Waals surface area contributed by atoms with Gasteiger partial charge in [-0.2, -0.15) is 11.8 Å². The van der Waals surface area contributed by atoms with Crippen LogP contribution in [0.15, 0.2) is 0 Å². The normalized spacial score (nSPS) is 18.1. The van der Waals surface area contributed by atoms with E-state index in [0.29, 0.717) is 19.6 Å². The highest BCUT2D eigenvalue weighted by Crippen LogP contribution is 2.09. The number of morpholine rings is 1. The largest absolute Gasteiger partial charge is 0.378 e. The number of rotatable bonds is 7. The van der Waals surface area contributed by atoms with Gasteiger partial charge in [0.1, 0.15) is 0 Å². The van der Waals surface area contributed by atoms with Crippen molar-refractivity contribution in [2.45, 2.75) is 32.2 Å². The lowest BCUT2D eigenvalue weighted by Gasteiger charge is -2.26. The van der Waals surface area contributed by atoms with Gasteiger partial charge in [0.15, 0.2) is 0 Å². The van der Waals surface area contributed by atoms with E-state index in [9.17, 15) is 4.79 Å². The van der Waals surface area contributed by atoms with Crippen LogP contribution in [-0.2, 0) is 9.53 Å². The summed E-state index contributed by atoms with van der Waals surface area (Å²) in [6, 6.07) is 0.289. The number of thioether (sulfide) groups is 1. The van der Waals surface area contributed by atoms with Gasteiger partial charge in [0.05, 0.1) is 13.2 Å². The van der Waals surface area contributed by atoms with E-state index in [1.54, 1.807) is 0 Å². The Labute approximate surface area is 108 Å². The zero-order valence-corrected chi connectivity index (χ0v) is 11.5. The highest BCUT2D eigenvalue weighted by Gasteiger charge is 2.15.